The Morgan fingerprint density at radius 1 is 1.11 bits per heavy atom. The average molecular weight is 463 g/mol. The minimum atomic E-state index is -3.75. The van der Waals surface area contributed by atoms with Gasteiger partial charge in [0.15, 0.2) is 6.61 Å². The first-order valence-electron chi connectivity index (χ1n) is 8.67. The number of halogens is 1. The fraction of sp³-hybridized carbons (Fsp3) is 0.556. The summed E-state index contributed by atoms with van der Waals surface area (Å²) < 4.78 is 32.6. The van der Waals surface area contributed by atoms with Crippen molar-refractivity contribution in [2.45, 2.75) is 64.6 Å². The maximum atomic E-state index is 12.4. The van der Waals surface area contributed by atoms with Crippen molar-refractivity contribution in [3.05, 3.63) is 28.2 Å². The van der Waals surface area contributed by atoms with E-state index in [9.17, 15) is 18.0 Å². The minimum absolute atomic E-state index is 0.0292. The van der Waals surface area contributed by atoms with Crippen LogP contribution in [0.3, 0.4) is 0 Å². The van der Waals surface area contributed by atoms with Gasteiger partial charge in [0.1, 0.15) is 0 Å². The van der Waals surface area contributed by atoms with E-state index in [0.29, 0.717) is 4.47 Å². The van der Waals surface area contributed by atoms with Crippen molar-refractivity contribution in [2.75, 3.05) is 6.61 Å². The highest BCUT2D eigenvalue weighted by Gasteiger charge is 2.23. The molecular formula is C18H27BrN2O5S. The minimum Gasteiger partial charge on any atom is -0.452 e. The first kappa shape index (κ1) is 23.6. The molecule has 1 aromatic rings. The Morgan fingerprint density at radius 2 is 1.67 bits per heavy atom. The van der Waals surface area contributed by atoms with Gasteiger partial charge in [0.2, 0.25) is 10.0 Å². The number of nitrogens with zero attached hydrogens (tertiary/aromatic N) is 1. The summed E-state index contributed by atoms with van der Waals surface area (Å²) in [6.45, 7) is 10.5. The molecule has 1 aromatic carbocycles. The first-order chi connectivity index (χ1) is 12.4. The van der Waals surface area contributed by atoms with E-state index < -0.39 is 22.6 Å². The summed E-state index contributed by atoms with van der Waals surface area (Å²) in [5.41, 5.74) is 0.0371. The van der Waals surface area contributed by atoms with E-state index in [1.165, 1.54) is 18.2 Å². The van der Waals surface area contributed by atoms with Gasteiger partial charge in [-0.3, -0.25) is 4.79 Å². The molecule has 1 N–H and O–H groups in total. The van der Waals surface area contributed by atoms with Crippen molar-refractivity contribution in [1.29, 1.82) is 0 Å². The molecule has 0 bridgehead atoms. The Kier molecular flexibility index (Phi) is 8.44. The van der Waals surface area contributed by atoms with Crippen LogP contribution in [0.4, 0.5) is 0 Å². The fourth-order valence-electron chi connectivity index (χ4n) is 2.66. The number of ether oxygens (including phenoxy) is 1. The smallest absolute Gasteiger partial charge is 0.339 e. The van der Waals surface area contributed by atoms with Gasteiger partial charge in [-0.25, -0.2) is 17.9 Å². The van der Waals surface area contributed by atoms with Crippen molar-refractivity contribution in [1.82, 2.24) is 9.62 Å². The number of esters is 1. The molecule has 0 aliphatic rings. The highest BCUT2D eigenvalue weighted by Crippen LogP contribution is 2.22. The van der Waals surface area contributed by atoms with Gasteiger partial charge in [-0.15, -0.1) is 0 Å². The topological polar surface area (TPSA) is 92.8 Å². The number of rotatable bonds is 8. The van der Waals surface area contributed by atoms with Crippen LogP contribution >= 0.6 is 15.9 Å². The van der Waals surface area contributed by atoms with Gasteiger partial charge in [-0.05, 0) is 75.7 Å². The van der Waals surface area contributed by atoms with Gasteiger partial charge >= 0.3 is 5.97 Å². The summed E-state index contributed by atoms with van der Waals surface area (Å²) in [6, 6.07) is 3.73. The number of carbonyl (C=O) groups is 2. The summed E-state index contributed by atoms with van der Waals surface area (Å²) in [4.78, 5) is 26.3. The second-order valence-electron chi connectivity index (χ2n) is 6.98. The first-order valence-corrected chi connectivity index (χ1v) is 10.9. The fourth-order valence-corrected chi connectivity index (χ4v) is 4.34. The molecule has 0 atom stereocenters. The summed E-state index contributed by atoms with van der Waals surface area (Å²) in [5, 5.41) is 0. The molecule has 0 aliphatic heterocycles. The Hall–Kier alpha value is -1.45. The normalized spacial score (nSPS) is 11.9. The number of sulfonamides is 1. The predicted molar refractivity (Wildman–Crippen MR) is 107 cm³/mol. The highest BCUT2D eigenvalue weighted by molar-refractivity contribution is 9.10. The summed E-state index contributed by atoms with van der Waals surface area (Å²) in [5.74, 6) is -1.08. The van der Waals surface area contributed by atoms with E-state index in [0.717, 1.165) is 0 Å². The monoisotopic (exact) mass is 462 g/mol. The Morgan fingerprint density at radius 3 is 2.15 bits per heavy atom. The molecule has 1 amide bonds. The molecule has 0 saturated carbocycles. The molecule has 27 heavy (non-hydrogen) atoms. The molecule has 0 fully saturated rings. The molecule has 9 heteroatoms. The highest BCUT2D eigenvalue weighted by atomic mass is 79.9. The van der Waals surface area contributed by atoms with Gasteiger partial charge in [0.25, 0.3) is 5.91 Å². The maximum Gasteiger partial charge on any atom is 0.339 e. The molecular weight excluding hydrogens is 436 g/mol. The molecule has 1 rings (SSSR count). The lowest BCUT2D eigenvalue weighted by atomic mass is 10.2. The summed E-state index contributed by atoms with van der Waals surface area (Å²) in [7, 11) is -3.75. The second-order valence-corrected chi connectivity index (χ2v) is 9.55. The Balaban J connectivity index is 2.98. The van der Waals surface area contributed by atoms with Crippen LogP contribution < -0.4 is 4.72 Å². The SMILES string of the molecule is CC(C)NS(=O)(=O)c1ccc(Br)c(C(=O)OCC(=O)N(C(C)C)C(C)C)c1. The van der Waals surface area contributed by atoms with Gasteiger partial charge in [0.05, 0.1) is 10.5 Å². The van der Waals surface area contributed by atoms with Crippen molar-refractivity contribution in [3.63, 3.8) is 0 Å². The molecule has 0 aliphatic carbocycles. The van der Waals surface area contributed by atoms with E-state index in [4.69, 9.17) is 4.74 Å². The van der Waals surface area contributed by atoms with Crippen LogP contribution in [0, 0.1) is 0 Å². The van der Waals surface area contributed by atoms with E-state index in [1.54, 1.807) is 18.7 Å². The van der Waals surface area contributed by atoms with Crippen molar-refractivity contribution >= 4 is 37.8 Å². The second kappa shape index (κ2) is 9.66. The summed E-state index contributed by atoms with van der Waals surface area (Å²) >= 11 is 3.22. The lowest BCUT2D eigenvalue weighted by Gasteiger charge is -2.30. The number of benzene rings is 1. The van der Waals surface area contributed by atoms with Crippen LogP contribution in [0.1, 0.15) is 51.9 Å². The average Bonchev–Trinajstić information content (AvgIpc) is 2.50. The molecule has 0 spiro atoms. The number of hydrogen-bond donors (Lipinski definition) is 1. The van der Waals surface area contributed by atoms with Gasteiger partial charge in [-0.2, -0.15) is 0 Å². The van der Waals surface area contributed by atoms with Crippen molar-refractivity contribution in [3.8, 4) is 0 Å². The number of hydrogen-bond acceptors (Lipinski definition) is 5. The van der Waals surface area contributed by atoms with Crippen molar-refractivity contribution in [2.24, 2.45) is 0 Å². The lowest BCUT2D eigenvalue weighted by molar-refractivity contribution is -0.138. The van der Waals surface area contributed by atoms with Gasteiger partial charge in [-0.1, -0.05) is 0 Å². The zero-order valence-corrected chi connectivity index (χ0v) is 18.8. The Bertz CT molecular complexity index is 783. The maximum absolute atomic E-state index is 12.4. The van der Waals surface area contributed by atoms with Gasteiger partial charge < -0.3 is 9.64 Å². The van der Waals surface area contributed by atoms with Gasteiger partial charge in [0, 0.05) is 22.6 Å². The van der Waals surface area contributed by atoms with Crippen LogP contribution in [-0.4, -0.2) is 49.9 Å². The largest absolute Gasteiger partial charge is 0.452 e. The van der Waals surface area contributed by atoms with E-state index in [2.05, 4.69) is 20.7 Å². The van der Waals surface area contributed by atoms with Crippen LogP contribution in [0.25, 0.3) is 0 Å². The van der Waals surface area contributed by atoms with Crippen LogP contribution in [0.2, 0.25) is 0 Å². The molecule has 0 heterocycles. The third-order valence-electron chi connectivity index (χ3n) is 3.59. The zero-order chi connectivity index (χ0) is 20.9. The van der Waals surface area contributed by atoms with E-state index in [-0.39, 0.29) is 34.5 Å². The third-order valence-corrected chi connectivity index (χ3v) is 5.93. The molecule has 7 nitrogen and oxygen atoms in total. The molecule has 0 aromatic heterocycles. The summed E-state index contributed by atoms with van der Waals surface area (Å²) in [6.07, 6.45) is 0. The third kappa shape index (κ3) is 6.58. The molecule has 152 valence electrons. The lowest BCUT2D eigenvalue weighted by Crippen LogP contribution is -2.44. The van der Waals surface area contributed by atoms with E-state index in [1.807, 2.05) is 27.7 Å². The Labute approximate surface area is 169 Å². The molecule has 0 radical (unpaired) electrons. The quantitative estimate of drug-likeness (QED) is 0.599. The number of carbonyl (C=O) groups excluding carboxylic acids is 2. The van der Waals surface area contributed by atoms with Crippen LogP contribution in [0.5, 0.6) is 0 Å². The van der Waals surface area contributed by atoms with Crippen molar-refractivity contribution < 1.29 is 22.7 Å². The predicted octanol–water partition coefficient (Wildman–Crippen LogP) is 2.94. The van der Waals surface area contributed by atoms with Crippen LogP contribution in [0.15, 0.2) is 27.6 Å². The van der Waals surface area contributed by atoms with Crippen LogP contribution in [-0.2, 0) is 19.6 Å². The standard InChI is InChI=1S/C18H27BrN2O5S/c1-11(2)20-27(24,25)14-7-8-16(19)15(9-14)18(23)26-10-17(22)21(12(3)4)13(5)6/h7-9,11-13,20H,10H2,1-6H3. The molecule has 0 saturated heterocycles. The number of amides is 1. The number of nitrogens with one attached hydrogen (secondary N) is 1. The molecule has 0 unspecified atom stereocenters. The zero-order valence-electron chi connectivity index (χ0n) is 16.4. The van der Waals surface area contributed by atoms with E-state index >= 15 is 0 Å².